The second-order valence-corrected chi connectivity index (χ2v) is 8.29. The van der Waals surface area contributed by atoms with E-state index >= 15 is 0 Å². The van der Waals surface area contributed by atoms with Gasteiger partial charge in [0.1, 0.15) is 9.84 Å². The first-order valence-corrected chi connectivity index (χ1v) is 10.1. The molecule has 0 bridgehead atoms. The second-order valence-electron chi connectivity index (χ2n) is 6.03. The number of hydrogen-bond acceptors (Lipinski definition) is 3. The minimum absolute atomic E-state index is 0.230. The summed E-state index contributed by atoms with van der Waals surface area (Å²) < 4.78 is 22.2. The molecule has 1 saturated heterocycles. The van der Waals surface area contributed by atoms with E-state index in [0.717, 1.165) is 30.9 Å². The Balaban J connectivity index is 2.41. The molecule has 1 rings (SSSR count). The molecular formula is C15H31N3O2S. The number of hydrogen-bond donors (Lipinski definition) is 1. The van der Waals surface area contributed by atoms with Gasteiger partial charge in [-0.1, -0.05) is 26.7 Å². The van der Waals surface area contributed by atoms with Crippen molar-refractivity contribution < 1.29 is 8.42 Å². The maximum absolute atomic E-state index is 11.1. The number of nitrogens with zero attached hydrogens (tertiary/aromatic N) is 2. The van der Waals surface area contributed by atoms with Crippen LogP contribution in [0, 0.1) is 11.8 Å². The molecule has 1 unspecified atom stereocenters. The van der Waals surface area contributed by atoms with Gasteiger partial charge < -0.3 is 10.2 Å². The highest BCUT2D eigenvalue weighted by Crippen LogP contribution is 2.28. The van der Waals surface area contributed by atoms with E-state index in [9.17, 15) is 8.42 Å². The smallest absolute Gasteiger partial charge is 0.193 e. The average Bonchev–Trinajstić information content (AvgIpc) is 2.88. The summed E-state index contributed by atoms with van der Waals surface area (Å²) >= 11 is 0. The standard InChI is InChI=1S/C15H31N3O2S/c1-5-13(6-2)14-8-10-18(12-14)15(16-3)17-9-7-11-21(4,19)20/h13-14H,5-12H2,1-4H3,(H,16,17). The van der Waals surface area contributed by atoms with Gasteiger partial charge in [0.05, 0.1) is 5.75 Å². The lowest BCUT2D eigenvalue weighted by molar-refractivity contribution is 0.319. The van der Waals surface area contributed by atoms with Crippen molar-refractivity contribution in [3.05, 3.63) is 0 Å². The average molecular weight is 317 g/mol. The molecule has 0 aromatic rings. The molecule has 0 amide bonds. The van der Waals surface area contributed by atoms with Crippen LogP contribution in [0.15, 0.2) is 4.99 Å². The van der Waals surface area contributed by atoms with Gasteiger partial charge in [-0.05, 0) is 24.7 Å². The molecule has 0 aromatic carbocycles. The molecule has 21 heavy (non-hydrogen) atoms. The van der Waals surface area contributed by atoms with Crippen LogP contribution in [0.4, 0.5) is 0 Å². The molecule has 0 radical (unpaired) electrons. The van der Waals surface area contributed by atoms with E-state index in [2.05, 4.69) is 29.1 Å². The molecular weight excluding hydrogens is 286 g/mol. The minimum atomic E-state index is -2.87. The lowest BCUT2D eigenvalue weighted by Gasteiger charge is -2.24. The van der Waals surface area contributed by atoms with E-state index in [0.29, 0.717) is 13.0 Å². The van der Waals surface area contributed by atoms with Crippen molar-refractivity contribution in [2.45, 2.75) is 39.5 Å². The number of nitrogens with one attached hydrogen (secondary N) is 1. The Kier molecular flexibility index (Phi) is 7.49. The lowest BCUT2D eigenvalue weighted by Crippen LogP contribution is -2.41. The molecule has 5 nitrogen and oxygen atoms in total. The van der Waals surface area contributed by atoms with Crippen LogP contribution in [-0.2, 0) is 9.84 Å². The first-order chi connectivity index (χ1) is 9.91. The molecule has 1 atom stereocenters. The fraction of sp³-hybridized carbons (Fsp3) is 0.933. The van der Waals surface area contributed by atoms with E-state index in [4.69, 9.17) is 0 Å². The third kappa shape index (κ3) is 6.24. The zero-order valence-corrected chi connectivity index (χ0v) is 14.7. The maximum atomic E-state index is 11.1. The Hall–Kier alpha value is -0.780. The first kappa shape index (κ1) is 18.3. The number of aliphatic imine (C=N–C) groups is 1. The summed E-state index contributed by atoms with van der Waals surface area (Å²) in [5.74, 6) is 2.71. The van der Waals surface area contributed by atoms with Crippen molar-refractivity contribution in [1.29, 1.82) is 0 Å². The summed E-state index contributed by atoms with van der Waals surface area (Å²) in [6.45, 7) is 7.32. The monoisotopic (exact) mass is 317 g/mol. The van der Waals surface area contributed by atoms with Crippen LogP contribution in [0.1, 0.15) is 39.5 Å². The molecule has 1 aliphatic rings. The molecule has 6 heteroatoms. The van der Waals surface area contributed by atoms with E-state index in [-0.39, 0.29) is 5.75 Å². The summed E-state index contributed by atoms with van der Waals surface area (Å²) in [5.41, 5.74) is 0. The van der Waals surface area contributed by atoms with Crippen LogP contribution in [-0.4, -0.2) is 58.0 Å². The van der Waals surface area contributed by atoms with Gasteiger partial charge in [0.15, 0.2) is 5.96 Å². The molecule has 1 N–H and O–H groups in total. The lowest BCUT2D eigenvalue weighted by atomic mass is 9.87. The summed E-state index contributed by atoms with van der Waals surface area (Å²) in [5, 5.41) is 3.29. The molecule has 1 fully saturated rings. The number of rotatable bonds is 7. The number of likely N-dealkylation sites (tertiary alicyclic amines) is 1. The van der Waals surface area contributed by atoms with E-state index in [1.54, 1.807) is 7.05 Å². The normalized spacial score (nSPS) is 20.3. The summed E-state index contributed by atoms with van der Waals surface area (Å²) in [6, 6.07) is 0. The highest BCUT2D eigenvalue weighted by molar-refractivity contribution is 7.90. The maximum Gasteiger partial charge on any atom is 0.193 e. The van der Waals surface area contributed by atoms with Gasteiger partial charge in [0.2, 0.25) is 0 Å². The highest BCUT2D eigenvalue weighted by Gasteiger charge is 2.29. The van der Waals surface area contributed by atoms with Gasteiger partial charge >= 0.3 is 0 Å². The van der Waals surface area contributed by atoms with E-state index < -0.39 is 9.84 Å². The van der Waals surface area contributed by atoms with Gasteiger partial charge in [0.25, 0.3) is 0 Å². The molecule has 1 aliphatic heterocycles. The molecule has 124 valence electrons. The Morgan fingerprint density at radius 3 is 2.57 bits per heavy atom. The zero-order chi connectivity index (χ0) is 15.9. The van der Waals surface area contributed by atoms with Gasteiger partial charge in [-0.2, -0.15) is 0 Å². The van der Waals surface area contributed by atoms with Crippen molar-refractivity contribution in [2.75, 3.05) is 38.7 Å². The van der Waals surface area contributed by atoms with Crippen LogP contribution < -0.4 is 5.32 Å². The van der Waals surface area contributed by atoms with Crippen LogP contribution in [0.5, 0.6) is 0 Å². The van der Waals surface area contributed by atoms with Crippen molar-refractivity contribution >= 4 is 15.8 Å². The third-order valence-electron chi connectivity index (χ3n) is 4.43. The van der Waals surface area contributed by atoms with Crippen LogP contribution in [0.2, 0.25) is 0 Å². The fourth-order valence-corrected chi connectivity index (χ4v) is 3.86. The second kappa shape index (κ2) is 8.61. The quantitative estimate of drug-likeness (QED) is 0.441. The Bertz CT molecular complexity index is 430. The van der Waals surface area contributed by atoms with Crippen LogP contribution >= 0.6 is 0 Å². The minimum Gasteiger partial charge on any atom is -0.356 e. The Morgan fingerprint density at radius 2 is 2.05 bits per heavy atom. The first-order valence-electron chi connectivity index (χ1n) is 8.04. The van der Waals surface area contributed by atoms with Crippen molar-refractivity contribution in [3.8, 4) is 0 Å². The largest absolute Gasteiger partial charge is 0.356 e. The van der Waals surface area contributed by atoms with Gasteiger partial charge in [0, 0.05) is 32.9 Å². The van der Waals surface area contributed by atoms with Crippen molar-refractivity contribution in [1.82, 2.24) is 10.2 Å². The SMILES string of the molecule is CCC(CC)C1CCN(C(=NC)NCCCS(C)(=O)=O)C1. The molecule has 0 aromatic heterocycles. The van der Waals surface area contributed by atoms with Crippen LogP contribution in [0.3, 0.4) is 0 Å². The summed E-state index contributed by atoms with van der Waals surface area (Å²) in [6.07, 6.45) is 5.63. The molecule has 1 heterocycles. The van der Waals surface area contributed by atoms with Crippen molar-refractivity contribution in [3.63, 3.8) is 0 Å². The van der Waals surface area contributed by atoms with Gasteiger partial charge in [-0.15, -0.1) is 0 Å². The highest BCUT2D eigenvalue weighted by atomic mass is 32.2. The van der Waals surface area contributed by atoms with Gasteiger partial charge in [-0.3, -0.25) is 4.99 Å². The number of sulfone groups is 1. The zero-order valence-electron chi connectivity index (χ0n) is 13.9. The van der Waals surface area contributed by atoms with Gasteiger partial charge in [-0.25, -0.2) is 8.42 Å². The number of guanidine groups is 1. The summed E-state index contributed by atoms with van der Waals surface area (Å²) in [4.78, 5) is 6.64. The van der Waals surface area contributed by atoms with Crippen molar-refractivity contribution in [2.24, 2.45) is 16.8 Å². The summed E-state index contributed by atoms with van der Waals surface area (Å²) in [7, 11) is -1.07. The van der Waals surface area contributed by atoms with E-state index in [1.807, 2.05) is 0 Å². The van der Waals surface area contributed by atoms with E-state index in [1.165, 1.54) is 25.5 Å². The molecule has 0 saturated carbocycles. The predicted octanol–water partition coefficient (Wildman–Crippen LogP) is 1.75. The third-order valence-corrected chi connectivity index (χ3v) is 5.46. The topological polar surface area (TPSA) is 61.8 Å². The molecule has 0 spiro atoms. The Morgan fingerprint density at radius 1 is 1.38 bits per heavy atom. The molecule has 0 aliphatic carbocycles. The predicted molar refractivity (Wildman–Crippen MR) is 89.4 cm³/mol. The van der Waals surface area contributed by atoms with Crippen LogP contribution in [0.25, 0.3) is 0 Å². The fourth-order valence-electron chi connectivity index (χ4n) is 3.19. The Labute approximate surface area is 130 Å².